The minimum atomic E-state index is -6.08. The van der Waals surface area contributed by atoms with Gasteiger partial charge in [0, 0.05) is 5.57 Å². The van der Waals surface area contributed by atoms with Crippen molar-refractivity contribution in [1.29, 1.82) is 0 Å². The zero-order chi connectivity index (χ0) is 24.3. The molecule has 0 aliphatic heterocycles. The second-order valence-corrected chi connectivity index (χ2v) is 13.2. The molecule has 0 unspecified atom stereocenters. The predicted octanol–water partition coefficient (Wildman–Crippen LogP) is 0.0518. The quantitative estimate of drug-likeness (QED) is 0.240. The maximum Gasteiger partial charge on any atom is 0.460 e. The molecule has 1 aliphatic rings. The van der Waals surface area contributed by atoms with Crippen LogP contribution in [0.15, 0.2) is 12.2 Å². The van der Waals surface area contributed by atoms with Crippen LogP contribution in [0.1, 0.15) is 32.6 Å². The highest BCUT2D eigenvalue weighted by Gasteiger charge is 2.61. The Balaban J connectivity index is 2.71. The van der Waals surface area contributed by atoms with Crippen molar-refractivity contribution in [2.24, 2.45) is 5.92 Å². The minimum Gasteiger partial charge on any atom is -0.462 e. The van der Waals surface area contributed by atoms with Gasteiger partial charge in [-0.05, 0) is 32.6 Å². The van der Waals surface area contributed by atoms with Crippen LogP contribution in [-0.2, 0) is 48.9 Å². The lowest BCUT2D eigenvalue weighted by Crippen LogP contribution is -2.51. The second-order valence-electron chi connectivity index (χ2n) is 6.92. The largest absolute Gasteiger partial charge is 0.462 e. The maximum atomic E-state index is 14.2. The van der Waals surface area contributed by atoms with Gasteiger partial charge in [-0.25, -0.2) is 30.0 Å². The summed E-state index contributed by atoms with van der Waals surface area (Å²) in [5.41, 5.74) is 0.149. The highest BCUT2D eigenvalue weighted by molar-refractivity contribution is 8.13. The van der Waals surface area contributed by atoms with E-state index in [0.717, 1.165) is 0 Å². The van der Waals surface area contributed by atoms with Gasteiger partial charge in [-0.1, -0.05) is 6.58 Å². The van der Waals surface area contributed by atoms with Crippen LogP contribution in [0.5, 0.6) is 0 Å². The molecule has 180 valence electrons. The van der Waals surface area contributed by atoms with E-state index in [0.29, 0.717) is 4.13 Å². The van der Waals surface area contributed by atoms with E-state index in [1.165, 1.54) is 6.92 Å². The van der Waals surface area contributed by atoms with Crippen molar-refractivity contribution >= 4 is 41.8 Å². The Morgan fingerprint density at radius 2 is 1.48 bits per heavy atom. The first-order valence-electron chi connectivity index (χ1n) is 8.76. The Labute approximate surface area is 179 Å². The van der Waals surface area contributed by atoms with Gasteiger partial charge in [-0.2, -0.15) is 8.78 Å². The zero-order valence-electron chi connectivity index (χ0n) is 16.7. The second kappa shape index (κ2) is 9.87. The lowest BCUT2D eigenvalue weighted by Gasteiger charge is -2.29. The Bertz CT molecular complexity index is 1030. The third-order valence-corrected chi connectivity index (χ3v) is 10.3. The molecule has 0 amide bonds. The Hall–Kier alpha value is -1.65. The first-order valence-corrected chi connectivity index (χ1v) is 13.7. The predicted molar refractivity (Wildman–Crippen MR) is 103 cm³/mol. The summed E-state index contributed by atoms with van der Waals surface area (Å²) < 4.78 is 103. The lowest BCUT2D eigenvalue weighted by atomic mass is 9.89. The number of nitrogens with one attached hydrogen (secondary N) is 1. The highest BCUT2D eigenvalue weighted by Crippen LogP contribution is 2.38. The number of carbonyl (C=O) groups excluding carboxylic acids is 2. The van der Waals surface area contributed by atoms with Crippen molar-refractivity contribution in [3.8, 4) is 0 Å². The average molecular weight is 512 g/mol. The van der Waals surface area contributed by atoms with Crippen molar-refractivity contribution in [3.63, 3.8) is 0 Å². The molecule has 11 nitrogen and oxygen atoms in total. The number of hydrogen-bond donors (Lipinski definition) is 1. The van der Waals surface area contributed by atoms with Crippen molar-refractivity contribution in [1.82, 2.24) is 4.13 Å². The standard InChI is InChI=1S/C15H23F2NO10S3/c1-10(2)13(19)27-8-9-28-14(20)11-4-6-12(7-5-11)30(23,24)15(16,17)31(25,26)18-29(3,21)22/h11-12,18H,1,4-9H2,2-3H3. The molecule has 0 bridgehead atoms. The smallest absolute Gasteiger partial charge is 0.460 e. The first-order chi connectivity index (χ1) is 13.9. The number of halogens is 2. The molecule has 1 saturated carbocycles. The van der Waals surface area contributed by atoms with Crippen molar-refractivity contribution < 1.29 is 53.1 Å². The Kier molecular flexibility index (Phi) is 8.72. The molecule has 1 aliphatic carbocycles. The van der Waals surface area contributed by atoms with Crippen LogP contribution < -0.4 is 4.13 Å². The van der Waals surface area contributed by atoms with E-state index in [-0.39, 0.29) is 37.9 Å². The van der Waals surface area contributed by atoms with E-state index < -0.39 is 70.4 Å². The number of carbonyl (C=O) groups is 2. The van der Waals surface area contributed by atoms with Gasteiger partial charge in [-0.3, -0.25) is 4.79 Å². The van der Waals surface area contributed by atoms with Crippen molar-refractivity contribution in [3.05, 3.63) is 12.2 Å². The number of sulfone groups is 1. The zero-order valence-corrected chi connectivity index (χ0v) is 19.1. The molecule has 0 saturated heterocycles. The van der Waals surface area contributed by atoms with Crippen LogP contribution in [0.25, 0.3) is 0 Å². The van der Waals surface area contributed by atoms with Gasteiger partial charge < -0.3 is 9.47 Å². The number of hydrogen-bond acceptors (Lipinski definition) is 10. The molecule has 0 aromatic rings. The molecular formula is C15H23F2NO10S3. The molecule has 0 radical (unpaired) electrons. The van der Waals surface area contributed by atoms with Gasteiger partial charge in [-0.15, -0.1) is 4.13 Å². The van der Waals surface area contributed by atoms with Crippen LogP contribution in [0, 0.1) is 5.92 Å². The molecule has 0 aromatic carbocycles. The molecule has 1 rings (SSSR count). The maximum absolute atomic E-state index is 14.2. The summed E-state index contributed by atoms with van der Waals surface area (Å²) in [4.78, 5) is 23.2. The molecule has 0 heterocycles. The third kappa shape index (κ3) is 6.92. The fraction of sp³-hybridized carbons (Fsp3) is 0.733. The Morgan fingerprint density at radius 3 is 1.94 bits per heavy atom. The summed E-state index contributed by atoms with van der Waals surface area (Å²) in [6.45, 7) is 4.27. The molecule has 0 aromatic heterocycles. The number of alkyl halides is 2. The van der Waals surface area contributed by atoms with E-state index in [1.54, 1.807) is 0 Å². The van der Waals surface area contributed by atoms with Gasteiger partial charge >= 0.3 is 26.5 Å². The van der Waals surface area contributed by atoms with Gasteiger partial charge in [0.15, 0.2) is 0 Å². The first kappa shape index (κ1) is 27.4. The van der Waals surface area contributed by atoms with Gasteiger partial charge in [0.1, 0.15) is 13.2 Å². The molecule has 31 heavy (non-hydrogen) atoms. The summed E-state index contributed by atoms with van der Waals surface area (Å²) in [5, 5.41) is -1.81. The normalized spacial score (nSPS) is 20.6. The van der Waals surface area contributed by atoms with Crippen LogP contribution in [0.3, 0.4) is 0 Å². The SMILES string of the molecule is C=C(C)C(=O)OCCOC(=O)C1CCC(S(=O)(=O)C(F)(F)S(=O)(=O)NS(C)(=O)=O)CC1. The molecule has 0 spiro atoms. The summed E-state index contributed by atoms with van der Waals surface area (Å²) in [6.07, 6.45) is -0.995. The van der Waals surface area contributed by atoms with Gasteiger partial charge in [0.05, 0.1) is 17.4 Å². The van der Waals surface area contributed by atoms with Crippen LogP contribution >= 0.6 is 0 Å². The monoisotopic (exact) mass is 511 g/mol. The molecular weight excluding hydrogens is 488 g/mol. The molecule has 1 N–H and O–H groups in total. The fourth-order valence-corrected chi connectivity index (χ4v) is 7.92. The van der Waals surface area contributed by atoms with Crippen LogP contribution in [0.4, 0.5) is 8.78 Å². The van der Waals surface area contributed by atoms with E-state index in [9.17, 15) is 43.6 Å². The molecule has 0 atom stereocenters. The number of esters is 2. The summed E-state index contributed by atoms with van der Waals surface area (Å²) >= 11 is 0. The van der Waals surface area contributed by atoms with E-state index in [2.05, 4.69) is 6.58 Å². The van der Waals surface area contributed by atoms with Crippen LogP contribution in [-0.4, -0.2) is 66.5 Å². The van der Waals surface area contributed by atoms with E-state index in [1.807, 2.05) is 0 Å². The molecule has 16 heteroatoms. The molecule has 1 fully saturated rings. The topological polar surface area (TPSA) is 167 Å². The summed E-state index contributed by atoms with van der Waals surface area (Å²) in [6, 6.07) is 0. The lowest BCUT2D eigenvalue weighted by molar-refractivity contribution is -0.154. The number of ether oxygens (including phenoxy) is 2. The van der Waals surface area contributed by atoms with Crippen LogP contribution in [0.2, 0.25) is 0 Å². The van der Waals surface area contributed by atoms with Crippen molar-refractivity contribution in [2.45, 2.75) is 42.4 Å². The number of rotatable bonds is 10. The van der Waals surface area contributed by atoms with E-state index >= 15 is 0 Å². The summed E-state index contributed by atoms with van der Waals surface area (Å²) in [7, 11) is -16.4. The summed E-state index contributed by atoms with van der Waals surface area (Å²) in [5.74, 6) is -2.24. The fourth-order valence-electron chi connectivity index (χ4n) is 2.72. The van der Waals surface area contributed by atoms with Gasteiger partial charge in [0.2, 0.25) is 19.9 Å². The Morgan fingerprint density at radius 1 is 1.00 bits per heavy atom. The highest BCUT2D eigenvalue weighted by atomic mass is 32.3. The third-order valence-electron chi connectivity index (χ3n) is 4.26. The van der Waals surface area contributed by atoms with E-state index in [4.69, 9.17) is 9.47 Å². The number of sulfonamides is 2. The average Bonchev–Trinajstić information content (AvgIpc) is 2.62. The van der Waals surface area contributed by atoms with Crippen molar-refractivity contribution in [2.75, 3.05) is 19.5 Å². The minimum absolute atomic E-state index is 0.149. The van der Waals surface area contributed by atoms with Gasteiger partial charge in [0.25, 0.3) is 0 Å².